The van der Waals surface area contributed by atoms with E-state index in [1.165, 1.54) is 6.92 Å². The molecule has 2 aromatic rings. The van der Waals surface area contributed by atoms with E-state index in [1.807, 2.05) is 63.3 Å². The molecule has 2 aromatic carbocycles. The van der Waals surface area contributed by atoms with Crippen molar-refractivity contribution in [3.8, 4) is 6.07 Å². The molecule has 0 amide bonds. The average molecular weight is 451 g/mol. The Labute approximate surface area is 186 Å². The third-order valence-electron chi connectivity index (χ3n) is 5.61. The van der Waals surface area contributed by atoms with Gasteiger partial charge in [-0.25, -0.2) is 0 Å². The van der Waals surface area contributed by atoms with E-state index in [1.54, 1.807) is 17.3 Å². The minimum absolute atomic E-state index is 0.782. The molecule has 3 heterocycles. The molecule has 0 saturated carbocycles. The predicted molar refractivity (Wildman–Crippen MR) is 126 cm³/mol. The van der Waals surface area contributed by atoms with Crippen molar-refractivity contribution in [1.82, 2.24) is 0 Å². The molecule has 7 heteroatoms. The van der Waals surface area contributed by atoms with Crippen molar-refractivity contribution in [3.63, 3.8) is 0 Å². The molecule has 0 unspecified atom stereocenters. The van der Waals surface area contributed by atoms with Crippen molar-refractivity contribution in [3.05, 3.63) is 78.3 Å². The molecular formula is C24H26N2O3SSi. The van der Waals surface area contributed by atoms with Crippen LogP contribution < -0.4 is 5.19 Å². The first kappa shape index (κ1) is 21.2. The van der Waals surface area contributed by atoms with Gasteiger partial charge in [0.05, 0.1) is 6.07 Å². The maximum atomic E-state index is 7.32. The van der Waals surface area contributed by atoms with E-state index in [-0.39, 0.29) is 0 Å². The first-order valence-electron chi connectivity index (χ1n) is 10.2. The Kier molecular flexibility index (Phi) is 4.58. The number of hydrogen-bond donors (Lipinski definition) is 0. The molecular weight excluding hydrogens is 424 g/mol. The number of hydrogen-bond acceptors (Lipinski definition) is 4. The third-order valence-corrected chi connectivity index (χ3v) is 16.0. The van der Waals surface area contributed by atoms with Crippen LogP contribution in [-0.4, -0.2) is 22.4 Å². The van der Waals surface area contributed by atoms with Crippen LogP contribution in [0.5, 0.6) is 0 Å². The molecule has 0 bridgehead atoms. The molecule has 160 valence electrons. The third kappa shape index (κ3) is 2.62. The van der Waals surface area contributed by atoms with E-state index in [0.29, 0.717) is 0 Å². The molecule has 1 spiro atoms. The van der Waals surface area contributed by atoms with Crippen molar-refractivity contribution in [2.75, 3.05) is 0 Å². The molecule has 3 aliphatic rings. The van der Waals surface area contributed by atoms with Gasteiger partial charge in [0.2, 0.25) is 0 Å². The second kappa shape index (κ2) is 6.71. The Morgan fingerprint density at radius 1 is 0.903 bits per heavy atom. The fraction of sp³-hybridized carbons (Fsp3) is 0.208. The summed E-state index contributed by atoms with van der Waals surface area (Å²) in [6.45, 7) is 4.30. The molecule has 5 nitrogen and oxygen atoms in total. The SMILES string of the molecule is CC#N.CC1=CC(C)=[O+][Si-2]23(c4ccccc4)(O1)OC(C)=CC(C)=[N+]2c1ccccc1S3. The number of allylic oxidation sites excluding steroid dienone is 4. The minimum atomic E-state index is -5.13. The quantitative estimate of drug-likeness (QED) is 0.444. The van der Waals surface area contributed by atoms with Gasteiger partial charge in [0.1, 0.15) is 0 Å². The Bertz CT molecular complexity index is 1270. The Hall–Kier alpha value is -3.08. The predicted octanol–water partition coefficient (Wildman–Crippen LogP) is 5.17. The molecule has 5 rings (SSSR count). The van der Waals surface area contributed by atoms with Crippen LogP contribution in [0.3, 0.4) is 0 Å². The first-order valence-corrected chi connectivity index (χ1v) is 14.4. The normalized spacial score (nSPS) is 23.2. The monoisotopic (exact) mass is 450 g/mol. The Morgan fingerprint density at radius 3 is 2.13 bits per heavy atom. The van der Waals surface area contributed by atoms with Crippen LogP contribution in [0.2, 0.25) is 0 Å². The fourth-order valence-electron chi connectivity index (χ4n) is 5.03. The van der Waals surface area contributed by atoms with E-state index in [2.05, 4.69) is 35.4 Å². The number of benzene rings is 2. The van der Waals surface area contributed by atoms with Crippen LogP contribution in [0, 0.1) is 11.3 Å². The van der Waals surface area contributed by atoms with Crippen LogP contribution in [0.4, 0.5) is 5.69 Å². The fourth-order valence-corrected chi connectivity index (χ4v) is 17.3. The van der Waals surface area contributed by atoms with Crippen LogP contribution in [-0.2, 0) is 13.0 Å². The van der Waals surface area contributed by atoms with Crippen molar-refractivity contribution in [1.29, 1.82) is 5.26 Å². The number of fused-ring (bicyclic) bond motifs is 2. The van der Waals surface area contributed by atoms with Crippen molar-refractivity contribution >= 4 is 40.2 Å². The van der Waals surface area contributed by atoms with Crippen molar-refractivity contribution in [2.45, 2.75) is 39.5 Å². The summed E-state index contributed by atoms with van der Waals surface area (Å²) in [4.78, 5) is 1.08. The molecule has 0 radical (unpaired) electrons. The van der Waals surface area contributed by atoms with E-state index in [4.69, 9.17) is 18.2 Å². The molecule has 0 aliphatic carbocycles. The zero-order valence-electron chi connectivity index (χ0n) is 18.4. The number of carbonyl (C=O) groups excluding carboxylic acids is 1. The Morgan fingerprint density at radius 2 is 1.48 bits per heavy atom. The molecule has 3 aliphatic heterocycles. The van der Waals surface area contributed by atoms with Crippen molar-refractivity contribution < 1.29 is 17.2 Å². The molecule has 31 heavy (non-hydrogen) atoms. The number of nitriles is 1. The van der Waals surface area contributed by atoms with Gasteiger partial charge in [-0.15, -0.1) is 0 Å². The van der Waals surface area contributed by atoms with Gasteiger partial charge < -0.3 is 0 Å². The second-order valence-corrected chi connectivity index (χ2v) is 16.3. The van der Waals surface area contributed by atoms with E-state index in [0.717, 1.165) is 38.8 Å². The van der Waals surface area contributed by atoms with Crippen LogP contribution in [0.1, 0.15) is 34.6 Å². The van der Waals surface area contributed by atoms with E-state index >= 15 is 0 Å². The van der Waals surface area contributed by atoms with Gasteiger partial charge >= 0.3 is 168 Å². The maximum absolute atomic E-state index is 7.32. The van der Waals surface area contributed by atoms with E-state index in [9.17, 15) is 0 Å². The van der Waals surface area contributed by atoms with Gasteiger partial charge in [0, 0.05) is 6.92 Å². The van der Waals surface area contributed by atoms with Crippen LogP contribution in [0.25, 0.3) is 0 Å². The standard InChI is InChI=1S/C22H23NO3SSi.C2H3N/c1-16-14-17(2)24-28(20-10-6-5-7-11-20,25-18(3)15-19(4)26-28)23(16)21-12-8-9-13-22(21)27-28;1-2-3/h5-15H,1-4H3;1H3. The number of nitrogens with zero attached hydrogens (tertiary/aromatic N) is 2. The summed E-state index contributed by atoms with van der Waals surface area (Å²) < 4.78 is 23.1. The van der Waals surface area contributed by atoms with Gasteiger partial charge in [-0.05, 0) is 0 Å². The number of para-hydroxylation sites is 1. The van der Waals surface area contributed by atoms with Gasteiger partial charge in [0.25, 0.3) is 0 Å². The van der Waals surface area contributed by atoms with Crippen LogP contribution in [0.15, 0.2) is 83.2 Å². The Balaban J connectivity index is 0.000000730. The van der Waals surface area contributed by atoms with Gasteiger partial charge in [-0.3, -0.25) is 0 Å². The molecule has 0 saturated heterocycles. The summed E-state index contributed by atoms with van der Waals surface area (Å²) in [5, 5.41) is 8.23. The summed E-state index contributed by atoms with van der Waals surface area (Å²) in [5.41, 5.74) is 2.08. The van der Waals surface area contributed by atoms with Gasteiger partial charge in [0.15, 0.2) is 0 Å². The summed E-state index contributed by atoms with van der Waals surface area (Å²) in [5.74, 6) is 2.35. The average Bonchev–Trinajstić information content (AvgIpc) is 2.96. The van der Waals surface area contributed by atoms with Gasteiger partial charge in [-0.1, -0.05) is 0 Å². The van der Waals surface area contributed by atoms with Gasteiger partial charge in [-0.2, -0.15) is 5.26 Å². The number of ketones is 1. The van der Waals surface area contributed by atoms with Crippen LogP contribution >= 0.6 is 11.2 Å². The van der Waals surface area contributed by atoms with E-state index < -0.39 is 6.67 Å². The zero-order valence-corrected chi connectivity index (χ0v) is 20.2. The zero-order chi connectivity index (χ0) is 22.3. The molecule has 0 fully saturated rings. The number of rotatable bonds is 1. The first-order chi connectivity index (χ1) is 14.7. The molecule has 0 aromatic heterocycles. The molecule has 0 atom stereocenters. The molecule has 0 N–H and O–H groups in total. The summed E-state index contributed by atoms with van der Waals surface area (Å²) in [6.07, 6.45) is 3.98. The summed E-state index contributed by atoms with van der Waals surface area (Å²) >= 11 is 1.60. The summed E-state index contributed by atoms with van der Waals surface area (Å²) in [7, 11) is 0. The van der Waals surface area contributed by atoms with Crippen molar-refractivity contribution in [2.24, 2.45) is 0 Å². The second-order valence-electron chi connectivity index (χ2n) is 7.95. The topological polar surface area (TPSA) is 56.6 Å². The summed E-state index contributed by atoms with van der Waals surface area (Å²) in [6, 6.07) is 20.2.